The predicted molar refractivity (Wildman–Crippen MR) is 196 cm³/mol. The first kappa shape index (κ1) is 37.2. The molecule has 3 aromatic rings. The van der Waals surface area contributed by atoms with E-state index in [2.05, 4.69) is 5.32 Å². The van der Waals surface area contributed by atoms with Crippen LogP contribution in [0.3, 0.4) is 0 Å². The number of nitrogens with zero attached hydrogens (tertiary/aromatic N) is 2. The van der Waals surface area contributed by atoms with Gasteiger partial charge >= 0.3 is 0 Å². The summed E-state index contributed by atoms with van der Waals surface area (Å²) in [6.45, 7) is 7.71. The molecule has 5 rings (SSSR count). The van der Waals surface area contributed by atoms with Crippen molar-refractivity contribution in [2.24, 2.45) is 5.73 Å². The van der Waals surface area contributed by atoms with Gasteiger partial charge in [0.2, 0.25) is 21.8 Å². The zero-order valence-corrected chi connectivity index (χ0v) is 30.4. The summed E-state index contributed by atoms with van der Waals surface area (Å²) in [5.41, 5.74) is 6.25. The van der Waals surface area contributed by atoms with E-state index in [9.17, 15) is 18.0 Å². The van der Waals surface area contributed by atoms with E-state index in [0.717, 1.165) is 24.8 Å². The molecule has 0 saturated heterocycles. The second kappa shape index (κ2) is 15.9. The van der Waals surface area contributed by atoms with Gasteiger partial charge in [0.15, 0.2) is 0 Å². The number of likely N-dealkylation sites (N-methyl/N-ethyl adjacent to an activating group) is 2. The molecule has 2 aliphatic rings. The Morgan fingerprint density at radius 3 is 2.20 bits per heavy atom. The van der Waals surface area contributed by atoms with Gasteiger partial charge in [-0.1, -0.05) is 86.8 Å². The van der Waals surface area contributed by atoms with Gasteiger partial charge in [-0.3, -0.25) is 9.59 Å². The van der Waals surface area contributed by atoms with Crippen LogP contribution in [0, 0.1) is 0 Å². The molecule has 3 aromatic carbocycles. The Kier molecular flexibility index (Phi) is 11.8. The molecular formula is C39H50N4O6S. The lowest BCUT2D eigenvalue weighted by Gasteiger charge is -2.43. The van der Waals surface area contributed by atoms with E-state index in [0.29, 0.717) is 42.0 Å². The molecule has 50 heavy (non-hydrogen) atoms. The zero-order chi connectivity index (χ0) is 35.9. The standard InChI is InChI=1S/C39H50N4O6S/c1-5-42(36(44)34(41-37(45)38(3,4)40)28-48-27-29-17-10-7-11-18-29)26-33-35(50(46,47)43(6-2)39(33)23-14-9-15-24-39)30-19-16-22-32(25-30)49-31-20-12-8-13-21-31/h7-8,10-13,16-22,25,34H,5-6,9,14-15,23-24,26-28,40H2,1-4H3,(H,41,45)/t34-/m1/s1. The van der Waals surface area contributed by atoms with Crippen molar-refractivity contribution in [1.82, 2.24) is 14.5 Å². The number of hydrogen-bond acceptors (Lipinski definition) is 7. The third-order valence-corrected chi connectivity index (χ3v) is 11.7. The molecule has 0 radical (unpaired) electrons. The first-order chi connectivity index (χ1) is 23.9. The molecule has 1 spiro atoms. The number of rotatable bonds is 14. The van der Waals surface area contributed by atoms with Crippen LogP contribution in [-0.2, 0) is 31.0 Å². The molecule has 3 N–H and O–H groups in total. The molecule has 1 aliphatic carbocycles. The summed E-state index contributed by atoms with van der Waals surface area (Å²) < 4.78 is 43.0. The molecule has 268 valence electrons. The lowest BCUT2D eigenvalue weighted by molar-refractivity contribution is -0.139. The number of ether oxygens (including phenoxy) is 2. The number of carbonyl (C=O) groups excluding carboxylic acids is 2. The van der Waals surface area contributed by atoms with Gasteiger partial charge in [-0.25, -0.2) is 8.42 Å². The van der Waals surface area contributed by atoms with Gasteiger partial charge in [0.1, 0.15) is 17.5 Å². The number of nitrogens with two attached hydrogens (primary N) is 1. The van der Waals surface area contributed by atoms with Crippen molar-refractivity contribution < 1.29 is 27.5 Å². The monoisotopic (exact) mass is 702 g/mol. The highest BCUT2D eigenvalue weighted by molar-refractivity contribution is 7.98. The van der Waals surface area contributed by atoms with Crippen LogP contribution in [0.1, 0.15) is 70.9 Å². The van der Waals surface area contributed by atoms with Gasteiger partial charge in [-0.15, -0.1) is 0 Å². The van der Waals surface area contributed by atoms with Crippen molar-refractivity contribution in [3.05, 3.63) is 102 Å². The molecule has 0 unspecified atom stereocenters. The molecule has 11 heteroatoms. The Hall–Kier alpha value is -4.03. The largest absolute Gasteiger partial charge is 0.457 e. The van der Waals surface area contributed by atoms with Crippen molar-refractivity contribution in [2.75, 3.05) is 26.2 Å². The molecule has 1 saturated carbocycles. The van der Waals surface area contributed by atoms with E-state index in [-0.39, 0.29) is 37.1 Å². The molecule has 1 fully saturated rings. The fourth-order valence-electron chi connectivity index (χ4n) is 7.03. The van der Waals surface area contributed by atoms with E-state index in [1.54, 1.807) is 47.3 Å². The Morgan fingerprint density at radius 1 is 0.940 bits per heavy atom. The smallest absolute Gasteiger partial charge is 0.247 e. The number of nitrogens with one attached hydrogen (secondary N) is 1. The maximum Gasteiger partial charge on any atom is 0.247 e. The number of hydrogen-bond donors (Lipinski definition) is 2. The Bertz CT molecular complexity index is 1770. The van der Waals surface area contributed by atoms with Crippen molar-refractivity contribution >= 4 is 26.7 Å². The minimum atomic E-state index is -3.95. The molecule has 0 aromatic heterocycles. The summed E-state index contributed by atoms with van der Waals surface area (Å²) in [5.74, 6) is 0.284. The third kappa shape index (κ3) is 8.12. The zero-order valence-electron chi connectivity index (χ0n) is 29.6. The number of para-hydroxylation sites is 1. The normalized spacial score (nSPS) is 17.8. The molecule has 10 nitrogen and oxygen atoms in total. The summed E-state index contributed by atoms with van der Waals surface area (Å²) in [5, 5.41) is 2.82. The number of amides is 2. The highest BCUT2D eigenvalue weighted by Crippen LogP contribution is 2.52. The molecule has 1 heterocycles. The van der Waals surface area contributed by atoms with Crippen molar-refractivity contribution in [3.63, 3.8) is 0 Å². The summed E-state index contributed by atoms with van der Waals surface area (Å²) >= 11 is 0. The average Bonchev–Trinajstić information content (AvgIpc) is 3.27. The van der Waals surface area contributed by atoms with Crippen LogP contribution in [0.15, 0.2) is 90.5 Å². The lowest BCUT2D eigenvalue weighted by atomic mass is 9.75. The van der Waals surface area contributed by atoms with Crippen molar-refractivity contribution in [1.29, 1.82) is 0 Å². The van der Waals surface area contributed by atoms with Gasteiger partial charge in [-0.2, -0.15) is 4.31 Å². The van der Waals surface area contributed by atoms with Gasteiger partial charge in [0.25, 0.3) is 0 Å². The number of carbonyl (C=O) groups is 2. The van der Waals surface area contributed by atoms with E-state index in [1.807, 2.05) is 74.5 Å². The minimum Gasteiger partial charge on any atom is -0.457 e. The van der Waals surface area contributed by atoms with Crippen LogP contribution >= 0.6 is 0 Å². The van der Waals surface area contributed by atoms with Crippen molar-refractivity contribution in [2.45, 2.75) is 83.5 Å². The quantitative estimate of drug-likeness (QED) is 0.216. The van der Waals surface area contributed by atoms with Crippen LogP contribution in [0.25, 0.3) is 4.91 Å². The SMILES string of the molecule is CCN(CC1=C(c2cccc(Oc3ccccc3)c2)S(=O)(=O)N(CC)C12CCCCC2)C(=O)[C@@H](COCc1ccccc1)NC(=O)C(C)(C)N. The van der Waals surface area contributed by atoms with Gasteiger partial charge < -0.3 is 25.4 Å². The lowest BCUT2D eigenvalue weighted by Crippen LogP contribution is -2.58. The third-order valence-electron chi connectivity index (χ3n) is 9.53. The first-order valence-electron chi connectivity index (χ1n) is 17.5. The van der Waals surface area contributed by atoms with E-state index >= 15 is 0 Å². The van der Waals surface area contributed by atoms with Gasteiger partial charge in [0.05, 0.1) is 29.2 Å². The fraction of sp³-hybridized carbons (Fsp3) is 0.436. The molecule has 1 atom stereocenters. The second-order valence-electron chi connectivity index (χ2n) is 13.6. The average molecular weight is 703 g/mol. The second-order valence-corrected chi connectivity index (χ2v) is 15.4. The van der Waals surface area contributed by atoms with Crippen LogP contribution in [-0.4, -0.2) is 72.8 Å². The fourth-order valence-corrected chi connectivity index (χ4v) is 9.33. The van der Waals surface area contributed by atoms with Crippen LogP contribution in [0.2, 0.25) is 0 Å². The Morgan fingerprint density at radius 2 is 1.58 bits per heavy atom. The van der Waals surface area contributed by atoms with E-state index < -0.39 is 33.1 Å². The topological polar surface area (TPSA) is 131 Å². The number of sulfonamides is 1. The summed E-state index contributed by atoms with van der Waals surface area (Å²) in [7, 11) is -3.95. The minimum absolute atomic E-state index is 0.0707. The summed E-state index contributed by atoms with van der Waals surface area (Å²) in [4.78, 5) is 29.4. The molecular weight excluding hydrogens is 653 g/mol. The Balaban J connectivity index is 1.54. The maximum absolute atomic E-state index is 14.6. The van der Waals surface area contributed by atoms with Crippen LogP contribution in [0.5, 0.6) is 11.5 Å². The molecule has 2 amide bonds. The molecule has 0 bridgehead atoms. The highest BCUT2D eigenvalue weighted by atomic mass is 32.2. The van der Waals surface area contributed by atoms with Crippen molar-refractivity contribution in [3.8, 4) is 11.5 Å². The summed E-state index contributed by atoms with van der Waals surface area (Å²) in [6, 6.07) is 25.0. The first-order valence-corrected chi connectivity index (χ1v) is 18.9. The highest BCUT2D eigenvalue weighted by Gasteiger charge is 2.55. The summed E-state index contributed by atoms with van der Waals surface area (Å²) in [6.07, 6.45) is 4.08. The van der Waals surface area contributed by atoms with E-state index in [4.69, 9.17) is 15.2 Å². The predicted octanol–water partition coefficient (Wildman–Crippen LogP) is 5.85. The maximum atomic E-state index is 14.6. The van der Waals surface area contributed by atoms with Gasteiger partial charge in [0, 0.05) is 19.6 Å². The van der Waals surface area contributed by atoms with Crippen LogP contribution in [0.4, 0.5) is 0 Å². The molecule has 1 aliphatic heterocycles. The van der Waals surface area contributed by atoms with E-state index in [1.165, 1.54) is 0 Å². The van der Waals surface area contributed by atoms with Gasteiger partial charge in [-0.05, 0) is 74.6 Å². The van der Waals surface area contributed by atoms with Crippen LogP contribution < -0.4 is 15.8 Å². The number of benzene rings is 3. The Labute approximate surface area is 296 Å².